The van der Waals surface area contributed by atoms with Crippen LogP contribution in [-0.2, 0) is 0 Å². The molecular weight excluding hydrogens is 249 g/mol. The molecule has 6 heteroatoms. The molecule has 2 aromatic heterocycles. The molecule has 3 rings (SSSR count). The molecule has 0 fully saturated rings. The number of H-pyrrole nitrogens is 2. The summed E-state index contributed by atoms with van der Waals surface area (Å²) >= 11 is 0. The number of nitrogens with one attached hydrogen (secondary N) is 2. The van der Waals surface area contributed by atoms with Gasteiger partial charge < -0.3 is 9.97 Å². The van der Waals surface area contributed by atoms with Gasteiger partial charge >= 0.3 is 5.69 Å². The van der Waals surface area contributed by atoms with Crippen molar-refractivity contribution in [2.45, 2.75) is 6.92 Å². The number of aryl methyl sites for hydroxylation is 1. The van der Waals surface area contributed by atoms with E-state index in [1.165, 1.54) is 18.2 Å². The quantitative estimate of drug-likeness (QED) is 0.694. The summed E-state index contributed by atoms with van der Waals surface area (Å²) in [6.07, 6.45) is 0. The van der Waals surface area contributed by atoms with E-state index in [2.05, 4.69) is 9.97 Å². The van der Waals surface area contributed by atoms with Crippen molar-refractivity contribution in [2.75, 3.05) is 0 Å². The highest BCUT2D eigenvalue weighted by Crippen LogP contribution is 2.09. The van der Waals surface area contributed by atoms with Crippen LogP contribution < -0.4 is 11.2 Å². The number of hydrogen-bond acceptors (Lipinski definition) is 2. The molecule has 0 aliphatic heterocycles. The minimum atomic E-state index is -0.595. The number of aromatic amines is 2. The molecule has 1 aromatic carbocycles. The zero-order valence-electron chi connectivity index (χ0n) is 10.0. The summed E-state index contributed by atoms with van der Waals surface area (Å²) in [6.45, 7) is 1.78. The average Bonchev–Trinajstić information content (AvgIpc) is 2.70. The summed E-state index contributed by atoms with van der Waals surface area (Å²) in [5.74, 6) is -0.508. The molecule has 0 radical (unpaired) electrons. The van der Waals surface area contributed by atoms with Crippen LogP contribution in [0, 0.1) is 12.7 Å². The standard InChI is InChI=1S/C13H10FN3O2/c1-7-5-10-11(15-7)12(18)17(13(19)16-10)9-4-2-3-8(14)6-9/h2-6,15H,1H3,(H,16,19). The molecule has 19 heavy (non-hydrogen) atoms. The molecule has 2 heterocycles. The van der Waals surface area contributed by atoms with Crippen LogP contribution >= 0.6 is 0 Å². The Labute approximate surface area is 106 Å². The molecule has 0 amide bonds. The number of hydrogen-bond donors (Lipinski definition) is 2. The van der Waals surface area contributed by atoms with Gasteiger partial charge in [-0.3, -0.25) is 4.79 Å². The third-order valence-corrected chi connectivity index (χ3v) is 2.88. The van der Waals surface area contributed by atoms with Crippen LogP contribution in [0.25, 0.3) is 16.7 Å². The molecule has 96 valence electrons. The lowest BCUT2D eigenvalue weighted by Gasteiger charge is -2.04. The van der Waals surface area contributed by atoms with Gasteiger partial charge in [0.1, 0.15) is 11.3 Å². The van der Waals surface area contributed by atoms with E-state index in [-0.39, 0.29) is 5.69 Å². The van der Waals surface area contributed by atoms with Crippen LogP contribution in [0.4, 0.5) is 4.39 Å². The van der Waals surface area contributed by atoms with Crippen LogP contribution in [-0.4, -0.2) is 14.5 Å². The number of halogens is 1. The Balaban J connectivity index is 2.41. The van der Waals surface area contributed by atoms with E-state index in [1.807, 2.05) is 0 Å². The first kappa shape index (κ1) is 11.5. The van der Waals surface area contributed by atoms with Crippen molar-refractivity contribution in [3.63, 3.8) is 0 Å². The monoisotopic (exact) mass is 259 g/mol. The van der Waals surface area contributed by atoms with E-state index in [0.29, 0.717) is 11.0 Å². The van der Waals surface area contributed by atoms with Crippen LogP contribution in [0.5, 0.6) is 0 Å². The van der Waals surface area contributed by atoms with Gasteiger partial charge in [0.25, 0.3) is 5.56 Å². The second kappa shape index (κ2) is 3.94. The van der Waals surface area contributed by atoms with Gasteiger partial charge in [-0.15, -0.1) is 0 Å². The van der Waals surface area contributed by atoms with Crippen molar-refractivity contribution in [3.05, 3.63) is 62.7 Å². The van der Waals surface area contributed by atoms with Crippen LogP contribution in [0.2, 0.25) is 0 Å². The molecule has 0 aliphatic rings. The normalized spacial score (nSPS) is 11.1. The molecule has 0 saturated heterocycles. The minimum absolute atomic E-state index is 0.195. The van der Waals surface area contributed by atoms with Gasteiger partial charge in [-0.25, -0.2) is 13.8 Å². The first-order valence-electron chi connectivity index (χ1n) is 5.67. The van der Waals surface area contributed by atoms with Crippen LogP contribution in [0.3, 0.4) is 0 Å². The predicted molar refractivity (Wildman–Crippen MR) is 69.2 cm³/mol. The lowest BCUT2D eigenvalue weighted by molar-refractivity contribution is 0.626. The molecule has 0 unspecified atom stereocenters. The fraction of sp³-hybridized carbons (Fsp3) is 0.0769. The Morgan fingerprint density at radius 3 is 2.68 bits per heavy atom. The summed E-state index contributed by atoms with van der Waals surface area (Å²) in [6, 6.07) is 7.01. The van der Waals surface area contributed by atoms with E-state index < -0.39 is 17.1 Å². The van der Waals surface area contributed by atoms with Gasteiger partial charge in [0, 0.05) is 5.69 Å². The van der Waals surface area contributed by atoms with Crippen molar-refractivity contribution in [1.82, 2.24) is 14.5 Å². The molecule has 0 saturated carbocycles. The Morgan fingerprint density at radius 1 is 1.16 bits per heavy atom. The number of nitrogens with zero attached hydrogens (tertiary/aromatic N) is 1. The van der Waals surface area contributed by atoms with Gasteiger partial charge in [-0.2, -0.15) is 0 Å². The molecule has 2 N–H and O–H groups in total. The lowest BCUT2D eigenvalue weighted by atomic mass is 10.3. The summed E-state index contributed by atoms with van der Waals surface area (Å²) < 4.78 is 14.1. The van der Waals surface area contributed by atoms with E-state index in [9.17, 15) is 14.0 Å². The van der Waals surface area contributed by atoms with Gasteiger partial charge in [0.2, 0.25) is 0 Å². The third-order valence-electron chi connectivity index (χ3n) is 2.88. The van der Waals surface area contributed by atoms with Crippen molar-refractivity contribution < 1.29 is 4.39 Å². The molecule has 3 aromatic rings. The summed E-state index contributed by atoms with van der Waals surface area (Å²) in [7, 11) is 0. The smallest absolute Gasteiger partial charge is 0.333 e. The fourth-order valence-corrected chi connectivity index (χ4v) is 2.08. The van der Waals surface area contributed by atoms with Crippen molar-refractivity contribution >= 4 is 11.0 Å². The maximum absolute atomic E-state index is 13.2. The third kappa shape index (κ3) is 1.77. The van der Waals surface area contributed by atoms with E-state index in [4.69, 9.17) is 0 Å². The van der Waals surface area contributed by atoms with Crippen molar-refractivity contribution in [1.29, 1.82) is 0 Å². The zero-order valence-corrected chi connectivity index (χ0v) is 10.0. The number of aromatic nitrogens is 3. The van der Waals surface area contributed by atoms with Gasteiger partial charge in [-0.1, -0.05) is 6.07 Å². The number of benzene rings is 1. The molecule has 0 spiro atoms. The van der Waals surface area contributed by atoms with Gasteiger partial charge in [0.05, 0.1) is 11.2 Å². The largest absolute Gasteiger partial charge is 0.353 e. The van der Waals surface area contributed by atoms with E-state index in [0.717, 1.165) is 16.3 Å². The molecule has 5 nitrogen and oxygen atoms in total. The minimum Gasteiger partial charge on any atom is -0.353 e. The van der Waals surface area contributed by atoms with Crippen LogP contribution in [0.1, 0.15) is 5.69 Å². The lowest BCUT2D eigenvalue weighted by Crippen LogP contribution is -2.33. The van der Waals surface area contributed by atoms with Crippen molar-refractivity contribution in [2.24, 2.45) is 0 Å². The Hall–Kier alpha value is -2.63. The Bertz CT molecular complexity index is 889. The predicted octanol–water partition coefficient (Wildman–Crippen LogP) is 1.45. The van der Waals surface area contributed by atoms with Gasteiger partial charge in [-0.05, 0) is 31.2 Å². The topological polar surface area (TPSA) is 70.7 Å². The molecular formula is C13H10FN3O2. The number of fused-ring (bicyclic) bond motifs is 1. The van der Waals surface area contributed by atoms with E-state index >= 15 is 0 Å². The Kier molecular flexibility index (Phi) is 2.38. The van der Waals surface area contributed by atoms with Crippen LogP contribution in [0.15, 0.2) is 39.9 Å². The maximum Gasteiger partial charge on any atom is 0.333 e. The average molecular weight is 259 g/mol. The fourth-order valence-electron chi connectivity index (χ4n) is 2.08. The molecule has 0 bridgehead atoms. The first-order valence-corrected chi connectivity index (χ1v) is 5.67. The number of rotatable bonds is 1. The maximum atomic E-state index is 13.2. The molecule has 0 atom stereocenters. The highest BCUT2D eigenvalue weighted by molar-refractivity contribution is 5.74. The summed E-state index contributed by atoms with van der Waals surface area (Å²) in [5, 5.41) is 0. The highest BCUT2D eigenvalue weighted by Gasteiger charge is 2.11. The second-order valence-corrected chi connectivity index (χ2v) is 4.29. The SMILES string of the molecule is Cc1cc2[nH]c(=O)n(-c3cccc(F)c3)c(=O)c2[nH]1. The summed E-state index contributed by atoms with van der Waals surface area (Å²) in [5.41, 5.74) is 0.598. The molecule has 0 aliphatic carbocycles. The first-order chi connectivity index (χ1) is 9.06. The van der Waals surface area contributed by atoms with Gasteiger partial charge in [0.15, 0.2) is 0 Å². The summed E-state index contributed by atoms with van der Waals surface area (Å²) in [4.78, 5) is 29.7. The van der Waals surface area contributed by atoms with E-state index in [1.54, 1.807) is 13.0 Å². The zero-order chi connectivity index (χ0) is 13.6. The van der Waals surface area contributed by atoms with Crippen molar-refractivity contribution in [3.8, 4) is 5.69 Å². The second-order valence-electron chi connectivity index (χ2n) is 4.29. The Morgan fingerprint density at radius 2 is 1.95 bits per heavy atom. The highest BCUT2D eigenvalue weighted by atomic mass is 19.1.